The summed E-state index contributed by atoms with van der Waals surface area (Å²) in [4.78, 5) is 32.0. The molecule has 0 fully saturated rings. The molecule has 32 heavy (non-hydrogen) atoms. The molecular weight excluding hydrogens is 430 g/mol. The van der Waals surface area contributed by atoms with Crippen LogP contribution in [-0.2, 0) is 22.0 Å². The van der Waals surface area contributed by atoms with Crippen LogP contribution in [0.4, 0.5) is 16.6 Å². The minimum Gasteiger partial charge on any atom is -0.447 e. The monoisotopic (exact) mass is 457 g/mol. The van der Waals surface area contributed by atoms with Crippen LogP contribution in [-0.4, -0.2) is 61.2 Å². The van der Waals surface area contributed by atoms with Gasteiger partial charge in [-0.15, -0.1) is 0 Å². The zero-order valence-corrected chi connectivity index (χ0v) is 19.2. The number of nitrogens with zero attached hydrogens (tertiary/aromatic N) is 5. The molecule has 0 bridgehead atoms. The van der Waals surface area contributed by atoms with E-state index in [0.29, 0.717) is 35.4 Å². The van der Waals surface area contributed by atoms with Gasteiger partial charge in [-0.1, -0.05) is 6.08 Å². The Hall–Kier alpha value is -3.08. The second kappa shape index (κ2) is 8.81. The first-order chi connectivity index (χ1) is 15.2. The van der Waals surface area contributed by atoms with Gasteiger partial charge in [0.25, 0.3) is 0 Å². The molecule has 170 valence electrons. The maximum atomic E-state index is 12.6. The molecule has 0 radical (unpaired) electrons. The maximum absolute atomic E-state index is 12.6. The number of primary amides is 1. The van der Waals surface area contributed by atoms with Gasteiger partial charge in [0.15, 0.2) is 5.82 Å². The van der Waals surface area contributed by atoms with E-state index in [9.17, 15) is 9.00 Å². The summed E-state index contributed by atoms with van der Waals surface area (Å²) in [5, 5.41) is 3.28. The lowest BCUT2D eigenvalue weighted by molar-refractivity contribution is 0.138. The number of aryl methyl sites for hydroxylation is 2. The highest BCUT2D eigenvalue weighted by Gasteiger charge is 2.31. The summed E-state index contributed by atoms with van der Waals surface area (Å²) in [6.45, 7) is 7.08. The van der Waals surface area contributed by atoms with E-state index < -0.39 is 22.4 Å². The maximum Gasteiger partial charge on any atom is 0.404 e. The number of hydrogen-bond acceptors (Lipinski definition) is 9. The molecule has 0 saturated carbocycles. The molecule has 3 N–H and O–H groups in total. The molecule has 2 aliphatic rings. The fourth-order valence-electron chi connectivity index (χ4n) is 3.63. The lowest BCUT2D eigenvalue weighted by Crippen LogP contribution is -2.39. The van der Waals surface area contributed by atoms with Crippen molar-refractivity contribution in [3.05, 3.63) is 35.6 Å². The van der Waals surface area contributed by atoms with Gasteiger partial charge < -0.3 is 20.7 Å². The third-order valence-electron chi connectivity index (χ3n) is 5.27. The summed E-state index contributed by atoms with van der Waals surface area (Å²) < 4.78 is 17.6. The van der Waals surface area contributed by atoms with Crippen LogP contribution in [0.1, 0.15) is 37.4 Å². The number of anilines is 2. The van der Waals surface area contributed by atoms with E-state index in [1.54, 1.807) is 0 Å². The topological polar surface area (TPSA) is 136 Å². The number of carbonyl (C=O) groups excluding carboxylic acids is 1. The minimum absolute atomic E-state index is 0.0510. The third kappa shape index (κ3) is 4.87. The van der Waals surface area contributed by atoms with Crippen molar-refractivity contribution >= 4 is 34.2 Å². The second-order valence-corrected chi connectivity index (χ2v) is 10.1. The standard InChI is InChI=1S/C21H27N7O3S/c1-13-10-23-17(24-11-13)14-4-7-28(8-5-14)20-25-15-6-9-32(30)16(15)18(26-20)27-21(2,3)12-31-19(22)29/h4,10-11H,5-9,12H2,1-3H3,(H2,22,29)(H,25,26,27). The normalized spacial score (nSPS) is 18.2. The predicted octanol–water partition coefficient (Wildman–Crippen LogP) is 1.82. The molecule has 2 aromatic heterocycles. The first-order valence-electron chi connectivity index (χ1n) is 10.4. The van der Waals surface area contributed by atoms with E-state index >= 15 is 0 Å². The van der Waals surface area contributed by atoms with E-state index in [1.807, 2.05) is 33.2 Å². The van der Waals surface area contributed by atoms with Gasteiger partial charge in [0.05, 0.1) is 22.0 Å². The molecule has 10 nitrogen and oxygen atoms in total. The number of amides is 1. The highest BCUT2D eigenvalue weighted by molar-refractivity contribution is 7.85. The summed E-state index contributed by atoms with van der Waals surface area (Å²) >= 11 is 0. The fraction of sp³-hybridized carbons (Fsp3) is 0.476. The van der Waals surface area contributed by atoms with E-state index in [1.165, 1.54) is 0 Å². The van der Waals surface area contributed by atoms with Crippen LogP contribution in [0.5, 0.6) is 0 Å². The van der Waals surface area contributed by atoms with E-state index in [-0.39, 0.29) is 6.61 Å². The molecule has 1 unspecified atom stereocenters. The van der Waals surface area contributed by atoms with Crippen molar-refractivity contribution in [1.82, 2.24) is 19.9 Å². The zero-order chi connectivity index (χ0) is 22.9. The molecule has 2 aliphatic heterocycles. The first kappa shape index (κ1) is 22.1. The molecule has 0 spiro atoms. The zero-order valence-electron chi connectivity index (χ0n) is 18.4. The molecule has 0 saturated heterocycles. The van der Waals surface area contributed by atoms with Gasteiger partial charge in [0.2, 0.25) is 5.95 Å². The molecule has 0 aliphatic carbocycles. The average molecular weight is 458 g/mol. The summed E-state index contributed by atoms with van der Waals surface area (Å²) in [6, 6.07) is 0. The minimum atomic E-state index is -1.17. The first-order valence-corrected chi connectivity index (χ1v) is 11.8. The highest BCUT2D eigenvalue weighted by atomic mass is 32.2. The predicted molar refractivity (Wildman–Crippen MR) is 122 cm³/mol. The molecule has 4 heterocycles. The number of ether oxygens (including phenoxy) is 1. The van der Waals surface area contributed by atoms with E-state index in [0.717, 1.165) is 35.6 Å². The molecule has 1 amide bonds. The summed E-state index contributed by atoms with van der Waals surface area (Å²) in [5.41, 5.74) is 7.37. The van der Waals surface area contributed by atoms with Crippen molar-refractivity contribution < 1.29 is 13.7 Å². The fourth-order valence-corrected chi connectivity index (χ4v) is 4.94. The van der Waals surface area contributed by atoms with E-state index in [2.05, 4.69) is 26.3 Å². The van der Waals surface area contributed by atoms with Crippen LogP contribution >= 0.6 is 0 Å². The number of aromatic nitrogens is 4. The number of carbonyl (C=O) groups is 1. The van der Waals surface area contributed by atoms with Gasteiger partial charge >= 0.3 is 6.09 Å². The molecular formula is C21H27N7O3S. The molecule has 0 aromatic carbocycles. The van der Waals surface area contributed by atoms with Gasteiger partial charge in [0, 0.05) is 37.7 Å². The van der Waals surface area contributed by atoms with Crippen molar-refractivity contribution in [3.63, 3.8) is 0 Å². The van der Waals surface area contributed by atoms with Crippen molar-refractivity contribution in [1.29, 1.82) is 0 Å². The summed E-state index contributed by atoms with van der Waals surface area (Å²) in [6.07, 6.45) is 6.31. The van der Waals surface area contributed by atoms with Gasteiger partial charge in [-0.2, -0.15) is 4.98 Å². The van der Waals surface area contributed by atoms with Crippen LogP contribution in [0, 0.1) is 6.92 Å². The van der Waals surface area contributed by atoms with Crippen molar-refractivity contribution in [2.75, 3.05) is 35.7 Å². The lowest BCUT2D eigenvalue weighted by Gasteiger charge is -2.29. The highest BCUT2D eigenvalue weighted by Crippen LogP contribution is 2.32. The van der Waals surface area contributed by atoms with Crippen molar-refractivity contribution in [2.24, 2.45) is 5.73 Å². The molecule has 2 aromatic rings. The van der Waals surface area contributed by atoms with Gasteiger partial charge in [-0.05, 0) is 38.3 Å². The Kier molecular flexibility index (Phi) is 6.09. The summed E-state index contributed by atoms with van der Waals surface area (Å²) in [7, 11) is -1.17. The Bertz CT molecular complexity index is 1090. The Morgan fingerprint density at radius 1 is 1.28 bits per heavy atom. The summed E-state index contributed by atoms with van der Waals surface area (Å²) in [5.74, 6) is 2.36. The van der Waals surface area contributed by atoms with Crippen LogP contribution in [0.25, 0.3) is 5.57 Å². The van der Waals surface area contributed by atoms with Crippen molar-refractivity contribution in [2.45, 2.75) is 44.0 Å². The van der Waals surface area contributed by atoms with Crippen LogP contribution < -0.4 is 16.0 Å². The SMILES string of the molecule is Cc1cnc(C2=CCN(c3nc4c(c(NC(C)(C)COC(N)=O)n3)S(=O)CC4)CC2)nc1. The Labute approximate surface area is 189 Å². The Morgan fingerprint density at radius 2 is 2.03 bits per heavy atom. The van der Waals surface area contributed by atoms with Crippen molar-refractivity contribution in [3.8, 4) is 0 Å². The smallest absolute Gasteiger partial charge is 0.404 e. The Morgan fingerprint density at radius 3 is 2.69 bits per heavy atom. The number of nitrogens with two attached hydrogens (primary N) is 1. The number of hydrogen-bond donors (Lipinski definition) is 2. The largest absolute Gasteiger partial charge is 0.447 e. The third-order valence-corrected chi connectivity index (χ3v) is 6.73. The number of fused-ring (bicyclic) bond motifs is 1. The number of nitrogens with one attached hydrogen (secondary N) is 1. The Balaban J connectivity index is 1.58. The lowest BCUT2D eigenvalue weighted by atomic mass is 10.1. The molecule has 11 heteroatoms. The second-order valence-electron chi connectivity index (χ2n) is 8.57. The van der Waals surface area contributed by atoms with Crippen LogP contribution in [0.15, 0.2) is 23.4 Å². The van der Waals surface area contributed by atoms with Crippen LogP contribution in [0.2, 0.25) is 0 Å². The average Bonchev–Trinajstić information content (AvgIpc) is 3.14. The molecule has 1 atom stereocenters. The van der Waals surface area contributed by atoms with Crippen LogP contribution in [0.3, 0.4) is 0 Å². The van der Waals surface area contributed by atoms with E-state index in [4.69, 9.17) is 20.4 Å². The quantitative estimate of drug-likeness (QED) is 0.665. The van der Waals surface area contributed by atoms with Gasteiger partial charge in [-0.3, -0.25) is 4.21 Å². The molecule has 4 rings (SSSR count). The van der Waals surface area contributed by atoms with Gasteiger partial charge in [-0.25, -0.2) is 19.7 Å². The van der Waals surface area contributed by atoms with Gasteiger partial charge in [0.1, 0.15) is 17.3 Å². The number of rotatable bonds is 6.